The van der Waals surface area contributed by atoms with Crippen molar-refractivity contribution in [2.45, 2.75) is 6.54 Å². The number of carbonyl (C=O) groups excluding carboxylic acids is 2. The van der Waals surface area contributed by atoms with E-state index in [1.165, 1.54) is 19.2 Å². The number of hydrogen-bond donors (Lipinski definition) is 1. The highest BCUT2D eigenvalue weighted by atomic mass is 35.5. The Kier molecular flexibility index (Phi) is 5.89. The maximum absolute atomic E-state index is 12.8. The zero-order chi connectivity index (χ0) is 21.0. The van der Waals surface area contributed by atoms with Crippen LogP contribution >= 0.6 is 11.6 Å². The van der Waals surface area contributed by atoms with E-state index >= 15 is 0 Å². The van der Waals surface area contributed by atoms with Crippen LogP contribution in [-0.2, 0) is 11.3 Å². The number of halogens is 1. The topological polar surface area (TPSA) is 116 Å². The third-order valence-corrected chi connectivity index (χ3v) is 4.18. The van der Waals surface area contributed by atoms with Crippen LogP contribution in [0.5, 0.6) is 5.88 Å². The number of ketones is 1. The molecule has 0 atom stereocenters. The summed E-state index contributed by atoms with van der Waals surface area (Å²) in [5.74, 6) is -1.04. The van der Waals surface area contributed by atoms with Gasteiger partial charge in [-0.25, -0.2) is 0 Å². The van der Waals surface area contributed by atoms with Gasteiger partial charge in [0.2, 0.25) is 5.91 Å². The molecule has 0 saturated heterocycles. The first-order valence-corrected chi connectivity index (χ1v) is 8.72. The summed E-state index contributed by atoms with van der Waals surface area (Å²) in [5, 5.41) is 17.8. The van der Waals surface area contributed by atoms with Crippen molar-refractivity contribution in [2.24, 2.45) is 0 Å². The standard InChI is InChI=1S/C19H15ClN4O5/c1-29-19-16(24(27)28)10-23(22-19)11-17(25)21-15-8-7-13(20)9-14(15)18(26)12-5-3-2-4-6-12/h2-10H,11H2,1H3,(H,21,25). The average Bonchev–Trinajstić information content (AvgIpc) is 3.12. The van der Waals surface area contributed by atoms with Gasteiger partial charge >= 0.3 is 11.6 Å². The molecule has 0 saturated carbocycles. The molecular formula is C19H15ClN4O5. The summed E-state index contributed by atoms with van der Waals surface area (Å²) in [6, 6.07) is 13.1. The molecular weight excluding hydrogens is 400 g/mol. The summed E-state index contributed by atoms with van der Waals surface area (Å²) in [6.45, 7) is -0.314. The zero-order valence-electron chi connectivity index (χ0n) is 15.2. The zero-order valence-corrected chi connectivity index (χ0v) is 15.9. The van der Waals surface area contributed by atoms with Crippen molar-refractivity contribution >= 4 is 34.7 Å². The number of nitro groups is 1. The lowest BCUT2D eigenvalue weighted by atomic mass is 10.0. The van der Waals surface area contributed by atoms with E-state index in [-0.39, 0.29) is 35.1 Å². The molecule has 10 heteroatoms. The Morgan fingerprint density at radius 3 is 2.59 bits per heavy atom. The molecule has 3 aromatic rings. The quantitative estimate of drug-likeness (QED) is 0.360. The SMILES string of the molecule is COc1nn(CC(=O)Nc2ccc(Cl)cc2C(=O)c2ccccc2)cc1[N+](=O)[O-]. The van der Waals surface area contributed by atoms with Gasteiger partial charge in [0, 0.05) is 16.1 Å². The van der Waals surface area contributed by atoms with Crippen LogP contribution in [0, 0.1) is 10.1 Å². The summed E-state index contributed by atoms with van der Waals surface area (Å²) in [5.41, 5.74) is 0.576. The van der Waals surface area contributed by atoms with E-state index in [0.29, 0.717) is 10.6 Å². The second-order valence-electron chi connectivity index (χ2n) is 5.91. The minimum absolute atomic E-state index is 0.200. The van der Waals surface area contributed by atoms with E-state index < -0.39 is 10.8 Å². The maximum Gasteiger partial charge on any atom is 0.350 e. The van der Waals surface area contributed by atoms with E-state index in [1.54, 1.807) is 36.4 Å². The first-order valence-electron chi connectivity index (χ1n) is 8.34. The van der Waals surface area contributed by atoms with E-state index in [1.807, 2.05) is 0 Å². The van der Waals surface area contributed by atoms with Gasteiger partial charge in [0.25, 0.3) is 0 Å². The first-order chi connectivity index (χ1) is 13.9. The fourth-order valence-electron chi connectivity index (χ4n) is 2.64. The van der Waals surface area contributed by atoms with Crippen molar-refractivity contribution in [1.82, 2.24) is 9.78 Å². The van der Waals surface area contributed by atoms with Gasteiger partial charge in [-0.2, -0.15) is 0 Å². The minimum atomic E-state index is -0.657. The Labute approximate surface area is 170 Å². The van der Waals surface area contributed by atoms with Crippen molar-refractivity contribution in [1.29, 1.82) is 0 Å². The molecule has 1 heterocycles. The van der Waals surface area contributed by atoms with Crippen LogP contribution in [-0.4, -0.2) is 33.5 Å². The lowest BCUT2D eigenvalue weighted by Gasteiger charge is -2.11. The summed E-state index contributed by atoms with van der Waals surface area (Å²) >= 11 is 6.02. The van der Waals surface area contributed by atoms with Crippen molar-refractivity contribution < 1.29 is 19.2 Å². The Bertz CT molecular complexity index is 1080. The summed E-state index contributed by atoms with van der Waals surface area (Å²) in [4.78, 5) is 35.6. The third kappa shape index (κ3) is 4.58. The molecule has 0 unspecified atom stereocenters. The number of ether oxygens (including phenoxy) is 1. The number of amides is 1. The van der Waals surface area contributed by atoms with Crippen LogP contribution in [0.25, 0.3) is 0 Å². The molecule has 0 fully saturated rings. The van der Waals surface area contributed by atoms with Crippen molar-refractivity contribution in [3.8, 4) is 5.88 Å². The van der Waals surface area contributed by atoms with Gasteiger partial charge in [0.15, 0.2) is 5.78 Å². The van der Waals surface area contributed by atoms with E-state index in [0.717, 1.165) is 10.9 Å². The lowest BCUT2D eigenvalue weighted by Crippen LogP contribution is -2.20. The van der Waals surface area contributed by atoms with Gasteiger partial charge in [0.1, 0.15) is 12.7 Å². The smallest absolute Gasteiger partial charge is 0.350 e. The van der Waals surface area contributed by atoms with Crippen molar-refractivity contribution in [2.75, 3.05) is 12.4 Å². The van der Waals surface area contributed by atoms with E-state index in [4.69, 9.17) is 16.3 Å². The highest BCUT2D eigenvalue weighted by molar-refractivity contribution is 6.31. The molecule has 0 aliphatic carbocycles. The number of hydrogen-bond acceptors (Lipinski definition) is 6. The molecule has 3 rings (SSSR count). The van der Waals surface area contributed by atoms with Crippen LogP contribution in [0.3, 0.4) is 0 Å². The number of nitrogens with zero attached hydrogens (tertiary/aromatic N) is 3. The van der Waals surface area contributed by atoms with E-state index in [2.05, 4.69) is 10.4 Å². The maximum atomic E-state index is 12.8. The van der Waals surface area contributed by atoms with Gasteiger partial charge in [0.05, 0.1) is 17.7 Å². The molecule has 0 bridgehead atoms. The number of benzene rings is 2. The fourth-order valence-corrected chi connectivity index (χ4v) is 2.81. The van der Waals surface area contributed by atoms with E-state index in [9.17, 15) is 19.7 Å². The number of anilines is 1. The fraction of sp³-hybridized carbons (Fsp3) is 0.105. The summed E-state index contributed by atoms with van der Waals surface area (Å²) in [6.07, 6.45) is 1.09. The molecule has 1 amide bonds. The summed E-state index contributed by atoms with van der Waals surface area (Å²) < 4.78 is 5.92. The minimum Gasteiger partial charge on any atom is -0.475 e. The van der Waals surface area contributed by atoms with Crippen LogP contribution in [0.1, 0.15) is 15.9 Å². The second-order valence-corrected chi connectivity index (χ2v) is 6.35. The van der Waals surface area contributed by atoms with Gasteiger partial charge < -0.3 is 10.1 Å². The highest BCUT2D eigenvalue weighted by Crippen LogP contribution is 2.25. The van der Waals surface area contributed by atoms with Gasteiger partial charge in [-0.1, -0.05) is 41.9 Å². The van der Waals surface area contributed by atoms with Crippen molar-refractivity contribution in [3.63, 3.8) is 0 Å². The molecule has 29 heavy (non-hydrogen) atoms. The highest BCUT2D eigenvalue weighted by Gasteiger charge is 2.22. The monoisotopic (exact) mass is 414 g/mol. The summed E-state index contributed by atoms with van der Waals surface area (Å²) in [7, 11) is 1.24. The first kappa shape index (κ1) is 20.0. The number of rotatable bonds is 7. The predicted molar refractivity (Wildman–Crippen MR) is 105 cm³/mol. The molecule has 0 aliphatic rings. The van der Waals surface area contributed by atoms with Crippen LogP contribution in [0.2, 0.25) is 5.02 Å². The predicted octanol–water partition coefficient (Wildman–Crippen LogP) is 3.32. The molecule has 148 valence electrons. The Hall–Kier alpha value is -3.72. The van der Waals surface area contributed by atoms with Gasteiger partial charge in [-0.15, -0.1) is 5.10 Å². The van der Waals surface area contributed by atoms with Crippen LogP contribution in [0.4, 0.5) is 11.4 Å². The molecule has 1 N–H and O–H groups in total. The normalized spacial score (nSPS) is 10.4. The second kappa shape index (κ2) is 8.53. The number of carbonyl (C=O) groups is 2. The molecule has 9 nitrogen and oxygen atoms in total. The molecule has 0 radical (unpaired) electrons. The molecule has 0 aliphatic heterocycles. The largest absolute Gasteiger partial charge is 0.475 e. The van der Waals surface area contributed by atoms with Gasteiger partial charge in [-0.05, 0) is 18.2 Å². The Morgan fingerprint density at radius 2 is 1.97 bits per heavy atom. The Morgan fingerprint density at radius 1 is 1.24 bits per heavy atom. The average molecular weight is 415 g/mol. The van der Waals surface area contributed by atoms with Crippen molar-refractivity contribution in [3.05, 3.63) is 81.0 Å². The number of methoxy groups -OCH3 is 1. The van der Waals surface area contributed by atoms with Gasteiger partial charge in [-0.3, -0.25) is 24.4 Å². The van der Waals surface area contributed by atoms with Crippen LogP contribution in [0.15, 0.2) is 54.7 Å². The molecule has 1 aromatic heterocycles. The molecule has 2 aromatic carbocycles. The number of nitrogens with one attached hydrogen (secondary N) is 1. The number of aromatic nitrogens is 2. The van der Waals surface area contributed by atoms with Crippen LogP contribution < -0.4 is 10.1 Å². The third-order valence-electron chi connectivity index (χ3n) is 3.94. The molecule has 0 spiro atoms. The Balaban J connectivity index is 1.82. The lowest BCUT2D eigenvalue weighted by molar-refractivity contribution is -0.385.